The lowest BCUT2D eigenvalue weighted by Gasteiger charge is -2.44. The summed E-state index contributed by atoms with van der Waals surface area (Å²) in [5.74, 6) is -0.383. The van der Waals surface area contributed by atoms with E-state index >= 15 is 0 Å². The average molecular weight is 265 g/mol. The van der Waals surface area contributed by atoms with Crippen LogP contribution in [-0.4, -0.2) is 57.1 Å². The molecule has 1 saturated heterocycles. The van der Waals surface area contributed by atoms with Gasteiger partial charge in [-0.3, -0.25) is 14.3 Å². The second kappa shape index (κ2) is 4.25. The van der Waals surface area contributed by atoms with Crippen molar-refractivity contribution in [3.05, 3.63) is 11.9 Å². The summed E-state index contributed by atoms with van der Waals surface area (Å²) in [4.78, 5) is 27.8. The normalized spacial score (nSPS) is 18.8. The zero-order valence-electron chi connectivity index (χ0n) is 11.7. The minimum absolute atomic E-state index is 0.0818. The van der Waals surface area contributed by atoms with Gasteiger partial charge in [-0.25, -0.2) is 0 Å². The third-order valence-electron chi connectivity index (χ3n) is 3.51. The molecular formula is C12H19N5O2. The van der Waals surface area contributed by atoms with Crippen LogP contribution < -0.4 is 5.73 Å². The van der Waals surface area contributed by atoms with E-state index in [1.807, 2.05) is 0 Å². The Balaban J connectivity index is 2.34. The second-order valence-electron chi connectivity index (χ2n) is 5.35. The Morgan fingerprint density at radius 3 is 2.53 bits per heavy atom. The lowest BCUT2D eigenvalue weighted by atomic mass is 9.97. The molecule has 1 aliphatic rings. The number of aryl methyl sites for hydroxylation is 1. The molecule has 0 aliphatic carbocycles. The number of piperazine rings is 1. The highest BCUT2D eigenvalue weighted by molar-refractivity contribution is 6.01. The van der Waals surface area contributed by atoms with Gasteiger partial charge < -0.3 is 15.5 Å². The maximum Gasteiger partial charge on any atom is 0.277 e. The van der Waals surface area contributed by atoms with Gasteiger partial charge in [-0.1, -0.05) is 0 Å². The summed E-state index contributed by atoms with van der Waals surface area (Å²) in [6, 6.07) is 0. The highest BCUT2D eigenvalue weighted by atomic mass is 16.2. The summed E-state index contributed by atoms with van der Waals surface area (Å²) < 4.78 is 1.49. The number of nitrogen functional groups attached to an aromatic ring is 1. The van der Waals surface area contributed by atoms with E-state index in [-0.39, 0.29) is 17.5 Å². The Labute approximate surface area is 111 Å². The number of nitrogens with two attached hydrogens (primary N) is 1. The topological polar surface area (TPSA) is 84.5 Å². The van der Waals surface area contributed by atoms with E-state index in [2.05, 4.69) is 5.10 Å². The predicted molar refractivity (Wildman–Crippen MR) is 70.4 cm³/mol. The lowest BCUT2D eigenvalue weighted by Crippen LogP contribution is -2.63. The molecule has 19 heavy (non-hydrogen) atoms. The van der Waals surface area contributed by atoms with Gasteiger partial charge in [0.15, 0.2) is 5.69 Å². The van der Waals surface area contributed by atoms with Crippen LogP contribution in [0.25, 0.3) is 0 Å². The van der Waals surface area contributed by atoms with Crippen molar-refractivity contribution in [3.8, 4) is 0 Å². The van der Waals surface area contributed by atoms with E-state index < -0.39 is 5.54 Å². The molecule has 2 rings (SSSR count). The number of hydrogen-bond donors (Lipinski definition) is 1. The summed E-state index contributed by atoms with van der Waals surface area (Å²) in [6.45, 7) is 4.47. The molecule has 7 heteroatoms. The zero-order valence-corrected chi connectivity index (χ0v) is 11.7. The van der Waals surface area contributed by atoms with Gasteiger partial charge in [-0.05, 0) is 13.8 Å². The van der Waals surface area contributed by atoms with Crippen LogP contribution >= 0.6 is 0 Å². The van der Waals surface area contributed by atoms with Crippen LogP contribution in [-0.2, 0) is 11.8 Å². The number of carbonyl (C=O) groups is 2. The Bertz CT molecular complexity index is 534. The molecule has 0 aromatic carbocycles. The van der Waals surface area contributed by atoms with Crippen LogP contribution in [0, 0.1) is 0 Å². The number of amides is 2. The van der Waals surface area contributed by atoms with Crippen LogP contribution in [0.15, 0.2) is 6.20 Å². The Morgan fingerprint density at radius 1 is 1.37 bits per heavy atom. The molecule has 2 N–H and O–H groups in total. The van der Waals surface area contributed by atoms with E-state index in [1.54, 1.807) is 39.0 Å². The number of rotatable bonds is 1. The molecule has 104 valence electrons. The monoisotopic (exact) mass is 265 g/mol. The van der Waals surface area contributed by atoms with Crippen molar-refractivity contribution >= 4 is 17.5 Å². The summed E-state index contributed by atoms with van der Waals surface area (Å²) in [6.07, 6.45) is 1.58. The van der Waals surface area contributed by atoms with Crippen molar-refractivity contribution < 1.29 is 9.59 Å². The van der Waals surface area contributed by atoms with Gasteiger partial charge in [0.25, 0.3) is 5.91 Å². The van der Waals surface area contributed by atoms with Crippen molar-refractivity contribution in [2.24, 2.45) is 7.05 Å². The van der Waals surface area contributed by atoms with Gasteiger partial charge in [0.1, 0.15) is 5.54 Å². The molecule has 0 saturated carbocycles. The quantitative estimate of drug-likeness (QED) is 0.755. The highest BCUT2D eigenvalue weighted by Gasteiger charge is 2.44. The summed E-state index contributed by atoms with van der Waals surface area (Å²) in [7, 11) is 3.44. The fourth-order valence-electron chi connectivity index (χ4n) is 2.37. The molecule has 7 nitrogen and oxygen atoms in total. The van der Waals surface area contributed by atoms with Crippen LogP contribution in [0.1, 0.15) is 24.3 Å². The molecule has 2 heterocycles. The summed E-state index contributed by atoms with van der Waals surface area (Å²) in [5.41, 5.74) is 5.42. The van der Waals surface area contributed by atoms with Crippen molar-refractivity contribution in [1.82, 2.24) is 19.6 Å². The van der Waals surface area contributed by atoms with E-state index in [1.165, 1.54) is 9.58 Å². The van der Waals surface area contributed by atoms with Crippen LogP contribution in [0.5, 0.6) is 0 Å². The highest BCUT2D eigenvalue weighted by Crippen LogP contribution is 2.24. The van der Waals surface area contributed by atoms with Crippen molar-refractivity contribution in [2.75, 3.05) is 25.9 Å². The standard InChI is InChI=1S/C12H19N5O2/c1-12(2)11(19)15(3)5-6-17(12)10(18)9-8(13)7-16(4)14-9/h7H,5-6,13H2,1-4H3. The third kappa shape index (κ3) is 2.05. The molecule has 2 amide bonds. The van der Waals surface area contributed by atoms with Gasteiger partial charge in [0.05, 0.1) is 5.69 Å². The summed E-state index contributed by atoms with van der Waals surface area (Å²) in [5, 5.41) is 4.07. The second-order valence-corrected chi connectivity index (χ2v) is 5.35. The number of nitrogens with zero attached hydrogens (tertiary/aromatic N) is 4. The van der Waals surface area contributed by atoms with Gasteiger partial charge in [0, 0.05) is 33.4 Å². The average Bonchev–Trinajstić information content (AvgIpc) is 2.65. The van der Waals surface area contributed by atoms with Gasteiger partial charge in [0.2, 0.25) is 5.91 Å². The first-order valence-corrected chi connectivity index (χ1v) is 6.12. The largest absolute Gasteiger partial charge is 0.396 e. The smallest absolute Gasteiger partial charge is 0.277 e. The van der Waals surface area contributed by atoms with Crippen molar-refractivity contribution in [1.29, 1.82) is 0 Å². The Hall–Kier alpha value is -2.05. The zero-order chi connectivity index (χ0) is 14.4. The van der Waals surface area contributed by atoms with Crippen LogP contribution in [0.2, 0.25) is 0 Å². The third-order valence-corrected chi connectivity index (χ3v) is 3.51. The van der Waals surface area contributed by atoms with Crippen molar-refractivity contribution in [3.63, 3.8) is 0 Å². The number of hydrogen-bond acceptors (Lipinski definition) is 4. The van der Waals surface area contributed by atoms with Crippen molar-refractivity contribution in [2.45, 2.75) is 19.4 Å². The minimum atomic E-state index is -0.881. The molecule has 1 aliphatic heterocycles. The first-order valence-electron chi connectivity index (χ1n) is 6.12. The Morgan fingerprint density at radius 2 is 2.00 bits per heavy atom. The number of aromatic nitrogens is 2. The summed E-state index contributed by atoms with van der Waals surface area (Å²) >= 11 is 0. The minimum Gasteiger partial charge on any atom is -0.396 e. The molecule has 1 fully saturated rings. The van der Waals surface area contributed by atoms with E-state index in [0.717, 1.165) is 0 Å². The first kappa shape index (κ1) is 13.4. The molecule has 0 radical (unpaired) electrons. The van der Waals surface area contributed by atoms with Gasteiger partial charge >= 0.3 is 0 Å². The molecule has 0 atom stereocenters. The molecule has 0 spiro atoms. The SMILES string of the molecule is CN1CCN(C(=O)c2nn(C)cc2N)C(C)(C)C1=O. The number of anilines is 1. The lowest BCUT2D eigenvalue weighted by molar-refractivity contribution is -0.144. The van der Waals surface area contributed by atoms with Gasteiger partial charge in [-0.2, -0.15) is 5.10 Å². The molecule has 0 bridgehead atoms. The van der Waals surface area contributed by atoms with E-state index in [9.17, 15) is 9.59 Å². The number of carbonyl (C=O) groups excluding carboxylic acids is 2. The van der Waals surface area contributed by atoms with E-state index in [0.29, 0.717) is 18.8 Å². The van der Waals surface area contributed by atoms with E-state index in [4.69, 9.17) is 5.73 Å². The molecular weight excluding hydrogens is 246 g/mol. The molecule has 0 unspecified atom stereocenters. The van der Waals surface area contributed by atoms with Gasteiger partial charge in [-0.15, -0.1) is 0 Å². The fraction of sp³-hybridized carbons (Fsp3) is 0.583. The maximum absolute atomic E-state index is 12.5. The number of likely N-dealkylation sites (N-methyl/N-ethyl adjacent to an activating group) is 1. The first-order chi connectivity index (χ1) is 8.75. The fourth-order valence-corrected chi connectivity index (χ4v) is 2.37. The molecule has 1 aromatic rings. The molecule has 1 aromatic heterocycles. The van der Waals surface area contributed by atoms with Crippen LogP contribution in [0.3, 0.4) is 0 Å². The Kier molecular flexibility index (Phi) is 3.00. The van der Waals surface area contributed by atoms with Crippen LogP contribution in [0.4, 0.5) is 5.69 Å². The predicted octanol–water partition coefficient (Wildman–Crippen LogP) is -0.305. The maximum atomic E-state index is 12.5.